The summed E-state index contributed by atoms with van der Waals surface area (Å²) in [5.74, 6) is 0. The first-order valence-electron chi connectivity index (χ1n) is 9.13. The zero-order valence-electron chi connectivity index (χ0n) is 15.8. The van der Waals surface area contributed by atoms with Crippen molar-refractivity contribution >= 4 is 19.1 Å². The third-order valence-corrected chi connectivity index (χ3v) is 12.5. The van der Waals surface area contributed by atoms with Gasteiger partial charge in [0.25, 0.3) is 0 Å². The van der Waals surface area contributed by atoms with Gasteiger partial charge >= 0.3 is 0 Å². The van der Waals surface area contributed by atoms with Crippen molar-refractivity contribution in [3.05, 3.63) is 48.9 Å². The van der Waals surface area contributed by atoms with Crippen LogP contribution in [0, 0.1) is 0 Å². The Labute approximate surface area is 147 Å². The Bertz CT molecular complexity index is 801. The molecule has 1 N–H and O–H groups in total. The van der Waals surface area contributed by atoms with E-state index in [1.54, 1.807) is 0 Å². The van der Waals surface area contributed by atoms with E-state index in [0.29, 0.717) is 16.6 Å². The third-order valence-electron chi connectivity index (χ3n) is 5.80. The van der Waals surface area contributed by atoms with Crippen molar-refractivity contribution < 1.29 is 0 Å². The Kier molecular flexibility index (Phi) is 4.48. The smallest absolute Gasteiger partial charge is 0.168 e. The maximum Gasteiger partial charge on any atom is 0.168 e. The number of hydrogen-bond acceptors (Lipinski definition) is 0. The van der Waals surface area contributed by atoms with E-state index in [2.05, 4.69) is 93.5 Å². The molecular formula is C21H30N2Si. The molecule has 2 nitrogen and oxygen atoms in total. The van der Waals surface area contributed by atoms with Crippen LogP contribution in [0.1, 0.15) is 41.5 Å². The number of fused-ring (bicyclic) bond motifs is 1. The van der Waals surface area contributed by atoms with Crippen LogP contribution in [0.25, 0.3) is 22.0 Å². The van der Waals surface area contributed by atoms with E-state index >= 15 is 0 Å². The predicted octanol–water partition coefficient (Wildman–Crippen LogP) is 6.66. The van der Waals surface area contributed by atoms with Crippen molar-refractivity contribution in [2.75, 3.05) is 0 Å². The molecule has 0 saturated carbocycles. The number of nitrogens with zero attached hydrogens (tertiary/aromatic N) is 1. The normalized spacial score (nSPS) is 12.9. The van der Waals surface area contributed by atoms with Crippen molar-refractivity contribution in [1.29, 1.82) is 0 Å². The molecule has 0 saturated heterocycles. The summed E-state index contributed by atoms with van der Waals surface area (Å²) in [6.07, 6.45) is 6.75. The monoisotopic (exact) mass is 338 g/mol. The highest BCUT2D eigenvalue weighted by Gasteiger charge is 2.44. The lowest BCUT2D eigenvalue weighted by atomic mass is 10.1. The molecule has 3 aromatic rings. The average Bonchev–Trinajstić information content (AvgIpc) is 3.14. The van der Waals surface area contributed by atoms with Crippen LogP contribution in [0.15, 0.2) is 48.9 Å². The second kappa shape index (κ2) is 6.28. The SMILES string of the molecule is CC(C)[Si](C(C)C)(C(C)C)n1ccc(-c2ccc3[nH]ccc3c2)c1. The largest absolute Gasteiger partial charge is 0.379 e. The molecule has 0 aliphatic rings. The minimum absolute atomic E-state index is 0.713. The molecule has 2 heterocycles. The van der Waals surface area contributed by atoms with Crippen molar-refractivity contribution in [2.45, 2.75) is 58.2 Å². The minimum atomic E-state index is -1.65. The highest BCUT2D eigenvalue weighted by atomic mass is 28.3. The molecule has 0 spiro atoms. The maximum atomic E-state index is 3.27. The molecule has 0 atom stereocenters. The number of rotatable bonds is 5. The quantitative estimate of drug-likeness (QED) is 0.502. The van der Waals surface area contributed by atoms with Gasteiger partial charge in [-0.15, -0.1) is 0 Å². The van der Waals surface area contributed by atoms with Crippen molar-refractivity contribution in [3.63, 3.8) is 0 Å². The molecule has 24 heavy (non-hydrogen) atoms. The number of H-pyrrole nitrogens is 1. The van der Waals surface area contributed by atoms with Gasteiger partial charge in [0.05, 0.1) is 0 Å². The van der Waals surface area contributed by atoms with Crippen LogP contribution in [-0.4, -0.2) is 17.5 Å². The highest BCUT2D eigenvalue weighted by molar-refractivity contribution is 6.82. The van der Waals surface area contributed by atoms with Gasteiger partial charge in [-0.2, -0.15) is 0 Å². The lowest BCUT2D eigenvalue weighted by Gasteiger charge is -2.44. The van der Waals surface area contributed by atoms with Crippen LogP contribution in [0.4, 0.5) is 0 Å². The molecule has 0 unspecified atom stereocenters. The van der Waals surface area contributed by atoms with Crippen molar-refractivity contribution in [2.24, 2.45) is 0 Å². The van der Waals surface area contributed by atoms with Crippen LogP contribution >= 0.6 is 0 Å². The van der Waals surface area contributed by atoms with Crippen LogP contribution in [0.3, 0.4) is 0 Å². The van der Waals surface area contributed by atoms with Crippen LogP contribution in [0.5, 0.6) is 0 Å². The van der Waals surface area contributed by atoms with Crippen molar-refractivity contribution in [3.8, 4) is 11.1 Å². The topological polar surface area (TPSA) is 20.7 Å². The van der Waals surface area contributed by atoms with Gasteiger partial charge < -0.3 is 9.22 Å². The molecule has 0 aliphatic heterocycles. The van der Waals surface area contributed by atoms with E-state index in [1.165, 1.54) is 22.0 Å². The Morgan fingerprint density at radius 2 is 1.50 bits per heavy atom. The molecule has 0 amide bonds. The Hall–Kier alpha value is -1.74. The van der Waals surface area contributed by atoms with E-state index in [0.717, 1.165) is 0 Å². The fourth-order valence-corrected chi connectivity index (χ4v) is 11.4. The average molecular weight is 339 g/mol. The molecular weight excluding hydrogens is 308 g/mol. The molecule has 0 bridgehead atoms. The van der Waals surface area contributed by atoms with E-state index in [9.17, 15) is 0 Å². The zero-order valence-corrected chi connectivity index (χ0v) is 16.8. The van der Waals surface area contributed by atoms with E-state index in [1.807, 2.05) is 6.20 Å². The summed E-state index contributed by atoms with van der Waals surface area (Å²) in [6.45, 7) is 14.5. The number of aromatic nitrogens is 2. The van der Waals surface area contributed by atoms with Gasteiger partial charge in [-0.25, -0.2) is 0 Å². The molecule has 0 aliphatic carbocycles. The molecule has 0 radical (unpaired) electrons. The van der Waals surface area contributed by atoms with Gasteiger partial charge in [0.1, 0.15) is 0 Å². The predicted molar refractivity (Wildman–Crippen MR) is 108 cm³/mol. The summed E-state index contributed by atoms with van der Waals surface area (Å²) in [5.41, 5.74) is 5.98. The van der Waals surface area contributed by atoms with E-state index < -0.39 is 8.24 Å². The molecule has 3 heteroatoms. The molecule has 128 valence electrons. The minimum Gasteiger partial charge on any atom is -0.379 e. The Balaban J connectivity index is 2.07. The van der Waals surface area contributed by atoms with Crippen LogP contribution < -0.4 is 0 Å². The Morgan fingerprint density at radius 1 is 0.833 bits per heavy atom. The molecule has 1 aromatic carbocycles. The molecule has 3 rings (SSSR count). The lowest BCUT2D eigenvalue weighted by Crippen LogP contribution is -2.51. The Morgan fingerprint density at radius 3 is 2.12 bits per heavy atom. The second-order valence-corrected chi connectivity index (χ2v) is 13.7. The number of nitrogens with one attached hydrogen (secondary N) is 1. The van der Waals surface area contributed by atoms with E-state index in [4.69, 9.17) is 0 Å². The van der Waals surface area contributed by atoms with Gasteiger partial charge in [-0.3, -0.25) is 0 Å². The fourth-order valence-electron chi connectivity index (χ4n) is 4.94. The van der Waals surface area contributed by atoms with Crippen LogP contribution in [0.2, 0.25) is 16.6 Å². The summed E-state index contributed by atoms with van der Waals surface area (Å²) in [4.78, 5) is 3.27. The summed E-state index contributed by atoms with van der Waals surface area (Å²) in [5, 5.41) is 1.28. The van der Waals surface area contributed by atoms with Gasteiger partial charge in [0.2, 0.25) is 0 Å². The van der Waals surface area contributed by atoms with Crippen molar-refractivity contribution in [1.82, 2.24) is 9.22 Å². The molecule has 0 fully saturated rings. The first-order valence-corrected chi connectivity index (χ1v) is 11.3. The molecule has 2 aromatic heterocycles. The first kappa shape index (κ1) is 17.1. The first-order chi connectivity index (χ1) is 11.4. The number of aromatic amines is 1. The summed E-state index contributed by atoms with van der Waals surface area (Å²) in [7, 11) is -1.65. The fraction of sp³-hybridized carbons (Fsp3) is 0.429. The summed E-state index contributed by atoms with van der Waals surface area (Å²) in [6, 6.07) is 11.1. The van der Waals surface area contributed by atoms with Gasteiger partial charge in [0, 0.05) is 17.9 Å². The third kappa shape index (κ3) is 2.55. The standard InChI is InChI=1S/C21H30N2Si/c1-15(2)24(16(3)4,17(5)6)23-12-10-20(14-23)18-7-8-21-19(13-18)9-11-22-21/h7-17,22H,1-6H3. The highest BCUT2D eigenvalue weighted by Crippen LogP contribution is 2.43. The number of hydrogen-bond donors (Lipinski definition) is 1. The maximum absolute atomic E-state index is 3.27. The van der Waals surface area contributed by atoms with E-state index in [-0.39, 0.29) is 0 Å². The van der Waals surface area contributed by atoms with Gasteiger partial charge in [-0.1, -0.05) is 47.6 Å². The van der Waals surface area contributed by atoms with Crippen LogP contribution in [-0.2, 0) is 0 Å². The summed E-state index contributed by atoms with van der Waals surface area (Å²) < 4.78 is 2.61. The second-order valence-electron chi connectivity index (χ2n) is 7.94. The van der Waals surface area contributed by atoms with Gasteiger partial charge in [0.15, 0.2) is 8.24 Å². The lowest BCUT2D eigenvalue weighted by molar-refractivity contribution is 0.766. The van der Waals surface area contributed by atoms with Gasteiger partial charge in [-0.05, 0) is 63.6 Å². The zero-order chi connectivity index (χ0) is 17.5. The number of benzene rings is 1. The summed E-state index contributed by atoms with van der Waals surface area (Å²) >= 11 is 0.